The van der Waals surface area contributed by atoms with Crippen LogP contribution < -0.4 is 9.80 Å². The molecular weight excluding hydrogens is 446 g/mol. The van der Waals surface area contributed by atoms with E-state index in [1.54, 1.807) is 47.1 Å². The Bertz CT molecular complexity index is 1040. The molecule has 1 aromatic rings. The Kier molecular flexibility index (Phi) is 7.42. The fourth-order valence-corrected chi connectivity index (χ4v) is 5.48. The third kappa shape index (κ3) is 4.52. The van der Waals surface area contributed by atoms with E-state index in [0.717, 1.165) is 25.7 Å². The highest BCUT2D eigenvalue weighted by molar-refractivity contribution is 6.08. The van der Waals surface area contributed by atoms with E-state index in [1.807, 2.05) is 6.07 Å². The zero-order valence-electron chi connectivity index (χ0n) is 20.4. The van der Waals surface area contributed by atoms with E-state index in [4.69, 9.17) is 0 Å². The molecule has 0 aliphatic carbocycles. The Labute approximate surface area is 206 Å². The Balaban J connectivity index is 1.59. The molecule has 3 heterocycles. The minimum Gasteiger partial charge on any atom is -0.394 e. The molecule has 1 aromatic carbocycles. The number of hydrogen-bond acceptors (Lipinski definition) is 5. The molecule has 0 aromatic heterocycles. The van der Waals surface area contributed by atoms with Crippen molar-refractivity contribution in [1.82, 2.24) is 4.90 Å². The van der Waals surface area contributed by atoms with Crippen molar-refractivity contribution in [3.05, 3.63) is 48.6 Å². The van der Waals surface area contributed by atoms with Crippen LogP contribution >= 0.6 is 0 Å². The molecule has 35 heavy (non-hydrogen) atoms. The summed E-state index contributed by atoms with van der Waals surface area (Å²) in [6, 6.07) is 5.23. The van der Waals surface area contributed by atoms with Gasteiger partial charge in [0.2, 0.25) is 11.8 Å². The number of piperidine rings is 1. The summed E-state index contributed by atoms with van der Waals surface area (Å²) >= 11 is 0. The Morgan fingerprint density at radius 3 is 2.77 bits per heavy atom. The molecule has 2 N–H and O–H groups in total. The van der Waals surface area contributed by atoms with Crippen molar-refractivity contribution in [2.45, 2.75) is 57.1 Å². The topological polar surface area (TPSA) is 101 Å². The summed E-state index contributed by atoms with van der Waals surface area (Å²) in [5.74, 6) is -1.09. The first-order chi connectivity index (χ1) is 16.8. The maximum atomic E-state index is 13.5. The van der Waals surface area contributed by atoms with Gasteiger partial charge in [-0.25, -0.2) is 0 Å². The van der Waals surface area contributed by atoms with E-state index in [9.17, 15) is 24.6 Å². The van der Waals surface area contributed by atoms with Crippen LogP contribution in [0.3, 0.4) is 0 Å². The largest absolute Gasteiger partial charge is 0.394 e. The molecule has 8 heteroatoms. The van der Waals surface area contributed by atoms with Gasteiger partial charge in [0.15, 0.2) is 5.60 Å². The first-order valence-corrected chi connectivity index (χ1v) is 12.5. The first-order valence-electron chi connectivity index (χ1n) is 12.5. The molecule has 0 spiro atoms. The van der Waals surface area contributed by atoms with E-state index >= 15 is 0 Å². The van der Waals surface area contributed by atoms with Crippen molar-refractivity contribution in [3.63, 3.8) is 0 Å². The summed E-state index contributed by atoms with van der Waals surface area (Å²) in [5, 5.41) is 21.3. The monoisotopic (exact) mass is 481 g/mol. The lowest BCUT2D eigenvalue weighted by molar-refractivity contribution is -0.139. The number of benzene rings is 1. The predicted molar refractivity (Wildman–Crippen MR) is 134 cm³/mol. The average molecular weight is 482 g/mol. The number of anilines is 2. The number of fused-ring (bicyclic) bond motifs is 1. The zero-order chi connectivity index (χ0) is 25.2. The highest BCUT2D eigenvalue weighted by atomic mass is 16.3. The van der Waals surface area contributed by atoms with E-state index in [1.165, 1.54) is 4.90 Å². The predicted octanol–water partition coefficient (Wildman–Crippen LogP) is 2.49. The molecule has 2 saturated heterocycles. The molecule has 8 nitrogen and oxygen atoms in total. The molecule has 0 unspecified atom stereocenters. The summed E-state index contributed by atoms with van der Waals surface area (Å²) < 4.78 is 0. The number of rotatable bonds is 8. The van der Waals surface area contributed by atoms with Gasteiger partial charge in [0.1, 0.15) is 0 Å². The molecule has 2 fully saturated rings. The SMILES string of the molecule is C=CCN1C(=O)[C@@](O)([C@@H](C)/C=C/CC(=O)N2CCC[C@H]2CO)c2cc(N3CCCCC3=O)ccc21. The maximum absolute atomic E-state index is 13.5. The van der Waals surface area contributed by atoms with Crippen LogP contribution in [0.5, 0.6) is 0 Å². The van der Waals surface area contributed by atoms with Crippen LogP contribution in [0.2, 0.25) is 0 Å². The average Bonchev–Trinajstić information content (AvgIpc) is 3.42. The summed E-state index contributed by atoms with van der Waals surface area (Å²) in [6.07, 6.45) is 9.10. The van der Waals surface area contributed by atoms with E-state index in [0.29, 0.717) is 36.4 Å². The molecule has 3 atom stereocenters. The van der Waals surface area contributed by atoms with E-state index < -0.39 is 17.4 Å². The number of amides is 3. The maximum Gasteiger partial charge on any atom is 0.264 e. The van der Waals surface area contributed by atoms with Crippen LogP contribution in [0.4, 0.5) is 11.4 Å². The quantitative estimate of drug-likeness (QED) is 0.556. The van der Waals surface area contributed by atoms with Gasteiger partial charge in [-0.15, -0.1) is 6.58 Å². The van der Waals surface area contributed by atoms with E-state index in [-0.39, 0.29) is 37.4 Å². The number of nitrogens with zero attached hydrogens (tertiary/aromatic N) is 3. The number of carbonyl (C=O) groups excluding carboxylic acids is 3. The van der Waals surface area contributed by atoms with Crippen LogP contribution in [0, 0.1) is 5.92 Å². The van der Waals surface area contributed by atoms with Crippen molar-refractivity contribution < 1.29 is 24.6 Å². The molecule has 0 bridgehead atoms. The molecular formula is C27H35N3O5. The number of aliphatic hydroxyl groups is 2. The van der Waals surface area contributed by atoms with Crippen molar-refractivity contribution in [2.75, 3.05) is 36.0 Å². The zero-order valence-corrected chi connectivity index (χ0v) is 20.4. The van der Waals surface area contributed by atoms with Crippen molar-refractivity contribution in [3.8, 4) is 0 Å². The van der Waals surface area contributed by atoms with Gasteiger partial charge < -0.3 is 24.9 Å². The Morgan fingerprint density at radius 1 is 1.26 bits per heavy atom. The van der Waals surface area contributed by atoms with Gasteiger partial charge in [-0.1, -0.05) is 25.2 Å². The van der Waals surface area contributed by atoms with Gasteiger partial charge in [-0.2, -0.15) is 0 Å². The van der Waals surface area contributed by atoms with Crippen molar-refractivity contribution in [2.24, 2.45) is 5.92 Å². The number of carbonyl (C=O) groups is 3. The van der Waals surface area contributed by atoms with Crippen LogP contribution in [0.15, 0.2) is 43.0 Å². The third-order valence-corrected chi connectivity index (χ3v) is 7.48. The fourth-order valence-electron chi connectivity index (χ4n) is 5.48. The molecule has 3 aliphatic rings. The highest BCUT2D eigenvalue weighted by Gasteiger charge is 2.52. The van der Waals surface area contributed by atoms with Crippen LogP contribution in [-0.2, 0) is 20.0 Å². The summed E-state index contributed by atoms with van der Waals surface area (Å²) in [6.45, 7) is 6.96. The van der Waals surface area contributed by atoms with Crippen LogP contribution in [-0.4, -0.2) is 65.1 Å². The highest BCUT2D eigenvalue weighted by Crippen LogP contribution is 2.46. The molecule has 0 radical (unpaired) electrons. The fraction of sp³-hybridized carbons (Fsp3) is 0.519. The van der Waals surface area contributed by atoms with Gasteiger partial charge in [0.25, 0.3) is 5.91 Å². The van der Waals surface area contributed by atoms with Gasteiger partial charge in [-0.3, -0.25) is 14.4 Å². The third-order valence-electron chi connectivity index (χ3n) is 7.48. The van der Waals surface area contributed by atoms with Crippen LogP contribution in [0.1, 0.15) is 51.0 Å². The molecule has 3 amide bonds. The summed E-state index contributed by atoms with van der Waals surface area (Å²) in [7, 11) is 0. The first kappa shape index (κ1) is 25.1. The summed E-state index contributed by atoms with van der Waals surface area (Å²) in [5.41, 5.74) is -0.0856. The normalized spacial score (nSPS) is 25.5. The number of likely N-dealkylation sites (tertiary alicyclic amines) is 1. The molecule has 3 aliphatic heterocycles. The van der Waals surface area contributed by atoms with Gasteiger partial charge in [0, 0.05) is 49.6 Å². The van der Waals surface area contributed by atoms with Crippen molar-refractivity contribution >= 4 is 29.1 Å². The smallest absolute Gasteiger partial charge is 0.264 e. The van der Waals surface area contributed by atoms with Gasteiger partial charge >= 0.3 is 0 Å². The lowest BCUT2D eigenvalue weighted by atomic mass is 9.82. The van der Waals surface area contributed by atoms with Crippen molar-refractivity contribution in [1.29, 1.82) is 0 Å². The number of aliphatic hydroxyl groups excluding tert-OH is 1. The second kappa shape index (κ2) is 10.3. The lowest BCUT2D eigenvalue weighted by Gasteiger charge is -2.30. The molecule has 4 rings (SSSR count). The minimum atomic E-state index is -1.83. The standard InChI is InChI=1S/C27H35N3O5/c1-3-14-30-23-13-12-20(28-15-5-4-10-24(28)32)17-22(23)27(35,26(30)34)19(2)8-6-11-25(33)29-16-7-9-21(29)18-31/h3,6,8,12-13,17,19,21,31,35H,1,4-5,7,9-11,14-16,18H2,2H3/b8-6+/t19-,21-,27+/m0/s1. The van der Waals surface area contributed by atoms with E-state index in [2.05, 4.69) is 6.58 Å². The Morgan fingerprint density at radius 2 is 2.06 bits per heavy atom. The second-order valence-corrected chi connectivity index (χ2v) is 9.66. The molecule has 0 saturated carbocycles. The Hall–Kier alpha value is -2.97. The lowest BCUT2D eigenvalue weighted by Crippen LogP contribution is -2.44. The molecule has 188 valence electrons. The second-order valence-electron chi connectivity index (χ2n) is 9.66. The van der Waals surface area contributed by atoms with Crippen LogP contribution in [0.25, 0.3) is 0 Å². The summed E-state index contributed by atoms with van der Waals surface area (Å²) in [4.78, 5) is 43.5. The minimum absolute atomic E-state index is 0.0431. The number of hydrogen-bond donors (Lipinski definition) is 2. The van der Waals surface area contributed by atoms with Gasteiger partial charge in [-0.05, 0) is 43.9 Å². The van der Waals surface area contributed by atoms with Gasteiger partial charge in [0.05, 0.1) is 18.3 Å².